The number of pyridine rings is 1. The van der Waals surface area contributed by atoms with Crippen molar-refractivity contribution in [2.75, 3.05) is 13.3 Å². The molecule has 1 heterocycles. The van der Waals surface area contributed by atoms with Crippen LogP contribution < -0.4 is 0 Å². The van der Waals surface area contributed by atoms with Crippen molar-refractivity contribution < 1.29 is 28.2 Å². The van der Waals surface area contributed by atoms with Crippen LogP contribution in [0.25, 0.3) is 28.5 Å². The Morgan fingerprint density at radius 1 is 1.08 bits per heavy atom. The molecule has 0 aliphatic rings. The number of benzene rings is 2. The van der Waals surface area contributed by atoms with Crippen LogP contribution in [-0.2, 0) is 18.7 Å². The minimum absolute atomic E-state index is 0.0255. The Morgan fingerprint density at radius 3 is 2.28 bits per heavy atom. The van der Waals surface area contributed by atoms with Crippen molar-refractivity contribution in [1.82, 2.24) is 4.98 Å². The van der Waals surface area contributed by atoms with Crippen LogP contribution in [-0.4, -0.2) is 35.1 Å². The fourth-order valence-corrected chi connectivity index (χ4v) is 5.36. The summed E-state index contributed by atoms with van der Waals surface area (Å²) >= 11 is 0. The fraction of sp³-hybridized carbons (Fsp3) is 0.250. The zero-order valence-electron chi connectivity index (χ0n) is 20.7. The SMILES string of the molecule is COP(=O)(C=Cc1c(C(C)C)nc(-c2ccccc2)c(C)c1-c1ccc(F)cc1)CC(=O)CC(=O)O. The van der Waals surface area contributed by atoms with Gasteiger partial charge in [-0.3, -0.25) is 19.1 Å². The van der Waals surface area contributed by atoms with Gasteiger partial charge in [0.25, 0.3) is 0 Å². The normalized spacial score (nSPS) is 13.2. The van der Waals surface area contributed by atoms with Crippen molar-refractivity contribution in [3.63, 3.8) is 0 Å². The lowest BCUT2D eigenvalue weighted by Gasteiger charge is -2.21. The van der Waals surface area contributed by atoms with Crippen LogP contribution in [0.5, 0.6) is 0 Å². The van der Waals surface area contributed by atoms with Crippen LogP contribution in [0.2, 0.25) is 0 Å². The average molecular weight is 510 g/mol. The van der Waals surface area contributed by atoms with Crippen molar-refractivity contribution in [3.8, 4) is 22.4 Å². The molecule has 0 spiro atoms. The Morgan fingerprint density at radius 2 is 1.72 bits per heavy atom. The molecule has 0 saturated carbocycles. The second-order valence-electron chi connectivity index (χ2n) is 8.78. The highest BCUT2D eigenvalue weighted by molar-refractivity contribution is 7.63. The van der Waals surface area contributed by atoms with Crippen LogP contribution >= 0.6 is 7.37 Å². The lowest BCUT2D eigenvalue weighted by molar-refractivity contribution is -0.139. The average Bonchev–Trinajstić information content (AvgIpc) is 2.83. The summed E-state index contributed by atoms with van der Waals surface area (Å²) in [7, 11) is -2.39. The largest absolute Gasteiger partial charge is 0.481 e. The van der Waals surface area contributed by atoms with Crippen LogP contribution in [0.1, 0.15) is 43.0 Å². The lowest BCUT2D eigenvalue weighted by Crippen LogP contribution is -2.11. The molecule has 0 saturated heterocycles. The zero-order valence-corrected chi connectivity index (χ0v) is 21.6. The monoisotopic (exact) mass is 509 g/mol. The van der Waals surface area contributed by atoms with Gasteiger partial charge in [-0.15, -0.1) is 0 Å². The second-order valence-corrected chi connectivity index (χ2v) is 11.2. The van der Waals surface area contributed by atoms with Gasteiger partial charge >= 0.3 is 5.97 Å². The number of carboxylic acids is 1. The van der Waals surface area contributed by atoms with Crippen LogP contribution in [0.15, 0.2) is 60.4 Å². The highest BCUT2D eigenvalue weighted by Crippen LogP contribution is 2.49. The van der Waals surface area contributed by atoms with Gasteiger partial charge in [0.2, 0.25) is 7.37 Å². The number of ketones is 1. The molecule has 3 aromatic rings. The standard InChI is InChI=1S/C28H29FNO5P/c1-18(2)27-24(14-15-36(34,35-4)17-23(31)16-25(32)33)26(20-10-12-22(29)13-11-20)19(3)28(30-27)21-8-6-5-7-9-21/h5-15,18H,16-17H2,1-4H3,(H,32,33). The summed E-state index contributed by atoms with van der Waals surface area (Å²) in [4.78, 5) is 27.9. The molecule has 2 aromatic carbocycles. The molecule has 0 aliphatic heterocycles. The molecule has 3 rings (SSSR count). The van der Waals surface area contributed by atoms with Gasteiger partial charge in [-0.25, -0.2) is 4.39 Å². The number of carboxylic acid groups (broad SMARTS) is 1. The van der Waals surface area contributed by atoms with E-state index in [1.54, 1.807) is 18.2 Å². The van der Waals surface area contributed by atoms with E-state index in [0.29, 0.717) is 5.56 Å². The van der Waals surface area contributed by atoms with Gasteiger partial charge in [-0.2, -0.15) is 0 Å². The molecule has 8 heteroatoms. The van der Waals surface area contributed by atoms with Gasteiger partial charge in [-0.1, -0.05) is 56.3 Å². The molecule has 0 bridgehead atoms. The number of carbonyl (C=O) groups excluding carboxylic acids is 1. The molecule has 1 atom stereocenters. The van der Waals surface area contributed by atoms with E-state index in [2.05, 4.69) is 0 Å². The molecule has 1 aromatic heterocycles. The molecule has 0 fully saturated rings. The second kappa shape index (κ2) is 11.5. The Balaban J connectivity index is 2.25. The first-order valence-electron chi connectivity index (χ1n) is 11.5. The molecule has 0 amide bonds. The van der Waals surface area contributed by atoms with Gasteiger partial charge in [-0.05, 0) is 47.7 Å². The summed E-state index contributed by atoms with van der Waals surface area (Å²) in [5.41, 5.74) is 5.52. The van der Waals surface area contributed by atoms with Crippen molar-refractivity contribution in [1.29, 1.82) is 0 Å². The van der Waals surface area contributed by atoms with Gasteiger partial charge in [0.05, 0.1) is 17.5 Å². The molecular weight excluding hydrogens is 480 g/mol. The maximum atomic E-state index is 13.8. The van der Waals surface area contributed by atoms with Gasteiger partial charge < -0.3 is 9.63 Å². The quantitative estimate of drug-likeness (QED) is 0.235. The zero-order chi connectivity index (χ0) is 26.5. The number of carbonyl (C=O) groups is 2. The van der Waals surface area contributed by atoms with Crippen molar-refractivity contribution in [2.45, 2.75) is 33.1 Å². The molecule has 6 nitrogen and oxygen atoms in total. The van der Waals surface area contributed by atoms with E-state index in [-0.39, 0.29) is 11.7 Å². The lowest BCUT2D eigenvalue weighted by atomic mass is 9.88. The summed E-state index contributed by atoms with van der Waals surface area (Å²) in [5.74, 6) is -1.03. The highest BCUT2D eigenvalue weighted by atomic mass is 31.2. The first-order valence-corrected chi connectivity index (χ1v) is 13.4. The summed E-state index contributed by atoms with van der Waals surface area (Å²) in [6, 6.07) is 15.8. The number of aromatic nitrogens is 1. The van der Waals surface area contributed by atoms with Gasteiger partial charge in [0.15, 0.2) is 5.78 Å². The predicted octanol–water partition coefficient (Wildman–Crippen LogP) is 6.93. The molecule has 1 unspecified atom stereocenters. The van der Waals surface area contributed by atoms with Crippen molar-refractivity contribution in [2.24, 2.45) is 0 Å². The number of Topliss-reactive ketones (excluding diaryl/α,β-unsaturated/α-hetero) is 1. The summed E-state index contributed by atoms with van der Waals surface area (Å²) in [6.07, 6.45) is 0.372. The number of nitrogens with zero attached hydrogens (tertiary/aromatic N) is 1. The summed E-state index contributed by atoms with van der Waals surface area (Å²) in [5, 5.41) is 8.89. The van der Waals surface area contributed by atoms with E-state index < -0.39 is 31.7 Å². The first-order chi connectivity index (χ1) is 17.0. The summed E-state index contributed by atoms with van der Waals surface area (Å²) < 4.78 is 32.2. The van der Waals surface area contributed by atoms with Crippen LogP contribution in [0.3, 0.4) is 0 Å². The molecule has 0 aliphatic carbocycles. The maximum Gasteiger partial charge on any atom is 0.310 e. The van der Waals surface area contributed by atoms with E-state index in [4.69, 9.17) is 14.6 Å². The Kier molecular flexibility index (Phi) is 8.72. The molecule has 188 valence electrons. The van der Waals surface area contributed by atoms with E-state index in [1.807, 2.05) is 51.1 Å². The van der Waals surface area contributed by atoms with Crippen LogP contribution in [0.4, 0.5) is 4.39 Å². The minimum Gasteiger partial charge on any atom is -0.481 e. The molecule has 36 heavy (non-hydrogen) atoms. The van der Waals surface area contributed by atoms with E-state index in [0.717, 1.165) is 33.6 Å². The fourth-order valence-electron chi connectivity index (χ4n) is 4.02. The predicted molar refractivity (Wildman–Crippen MR) is 140 cm³/mol. The minimum atomic E-state index is -3.61. The van der Waals surface area contributed by atoms with Crippen molar-refractivity contribution in [3.05, 3.63) is 83.1 Å². The Labute approximate surface area is 210 Å². The first kappa shape index (κ1) is 27.2. The third-order valence-corrected chi connectivity index (χ3v) is 7.77. The number of rotatable bonds is 10. The van der Waals surface area contributed by atoms with E-state index in [1.165, 1.54) is 25.1 Å². The third kappa shape index (κ3) is 6.42. The van der Waals surface area contributed by atoms with Gasteiger partial charge in [0, 0.05) is 24.1 Å². The maximum absolute atomic E-state index is 13.8. The van der Waals surface area contributed by atoms with E-state index in [9.17, 15) is 18.5 Å². The van der Waals surface area contributed by atoms with Crippen LogP contribution in [0, 0.1) is 12.7 Å². The number of hydrogen-bond donors (Lipinski definition) is 1. The Bertz CT molecular complexity index is 1330. The van der Waals surface area contributed by atoms with Gasteiger partial charge in [0.1, 0.15) is 12.2 Å². The number of aliphatic carboxylic acids is 1. The number of halogens is 1. The molecule has 0 radical (unpaired) electrons. The summed E-state index contributed by atoms with van der Waals surface area (Å²) in [6.45, 7) is 5.91. The molecular formula is C28H29FNO5P. The topological polar surface area (TPSA) is 93.6 Å². The third-order valence-electron chi connectivity index (χ3n) is 5.76. The Hall–Kier alpha value is -3.41. The highest BCUT2D eigenvalue weighted by Gasteiger charge is 2.25. The van der Waals surface area contributed by atoms with E-state index >= 15 is 0 Å². The number of hydrogen-bond acceptors (Lipinski definition) is 5. The smallest absolute Gasteiger partial charge is 0.310 e. The molecule has 1 N–H and O–H groups in total. The van der Waals surface area contributed by atoms with Crippen molar-refractivity contribution >= 4 is 25.2 Å².